The minimum Gasteiger partial charge on any atom is -0.493 e. The summed E-state index contributed by atoms with van der Waals surface area (Å²) in [7, 11) is 1.47. The minimum absolute atomic E-state index is 0.281. The maximum atomic E-state index is 12.2. The Kier molecular flexibility index (Phi) is 6.54. The van der Waals surface area contributed by atoms with Crippen molar-refractivity contribution in [3.05, 3.63) is 59.7 Å². The van der Waals surface area contributed by atoms with Crippen LogP contribution in [0, 0.1) is 0 Å². The van der Waals surface area contributed by atoms with Crippen LogP contribution in [0.2, 0.25) is 0 Å². The highest BCUT2D eigenvalue weighted by Crippen LogP contribution is 2.28. The molecule has 27 heavy (non-hydrogen) atoms. The first-order valence-corrected chi connectivity index (χ1v) is 8.26. The molecule has 2 rings (SSSR count). The van der Waals surface area contributed by atoms with Crippen molar-refractivity contribution >= 4 is 18.3 Å². The van der Waals surface area contributed by atoms with Gasteiger partial charge in [0.2, 0.25) is 0 Å². The van der Waals surface area contributed by atoms with Gasteiger partial charge < -0.3 is 14.2 Å². The molecule has 0 aromatic heterocycles. The number of ether oxygens (including phenoxy) is 3. The second kappa shape index (κ2) is 8.84. The molecule has 0 fully saturated rings. The van der Waals surface area contributed by atoms with E-state index in [-0.39, 0.29) is 5.75 Å². The fourth-order valence-corrected chi connectivity index (χ4v) is 2.04. The van der Waals surface area contributed by atoms with E-state index in [0.717, 1.165) is 0 Å². The molecule has 0 atom stereocenters. The summed E-state index contributed by atoms with van der Waals surface area (Å²) in [6.45, 7) is 5.28. The van der Waals surface area contributed by atoms with Crippen molar-refractivity contribution in [3.8, 4) is 11.5 Å². The van der Waals surface area contributed by atoms with Crippen LogP contribution in [0.5, 0.6) is 11.5 Å². The number of carbonyl (C=O) groups excluding carboxylic acids is 2. The molecule has 2 aromatic rings. The minimum atomic E-state index is -0.654. The summed E-state index contributed by atoms with van der Waals surface area (Å²) < 4.78 is 15.7. The zero-order valence-electron chi connectivity index (χ0n) is 15.7. The molecule has 0 saturated heterocycles. The first kappa shape index (κ1) is 20.0. The van der Waals surface area contributed by atoms with E-state index in [4.69, 9.17) is 14.2 Å². The van der Waals surface area contributed by atoms with Gasteiger partial charge in [-0.1, -0.05) is 18.2 Å². The van der Waals surface area contributed by atoms with Crippen LogP contribution in [-0.2, 0) is 4.74 Å². The average Bonchev–Trinajstić information content (AvgIpc) is 2.62. The maximum absolute atomic E-state index is 12.2. The third-order valence-electron chi connectivity index (χ3n) is 3.17. The number of carbonyl (C=O) groups is 2. The molecule has 0 aliphatic rings. The smallest absolute Gasteiger partial charge is 0.428 e. The van der Waals surface area contributed by atoms with E-state index >= 15 is 0 Å². The second-order valence-electron chi connectivity index (χ2n) is 6.54. The number of hydrogen-bond acceptors (Lipinski definition) is 6. The Morgan fingerprint density at radius 1 is 1.04 bits per heavy atom. The molecule has 7 heteroatoms. The molecule has 0 heterocycles. The van der Waals surface area contributed by atoms with E-state index in [9.17, 15) is 9.59 Å². The van der Waals surface area contributed by atoms with E-state index in [2.05, 4.69) is 10.5 Å². The number of esters is 1. The molecule has 142 valence electrons. The summed E-state index contributed by atoms with van der Waals surface area (Å²) in [6.07, 6.45) is 0.772. The average molecular weight is 370 g/mol. The van der Waals surface area contributed by atoms with Gasteiger partial charge in [0, 0.05) is 0 Å². The van der Waals surface area contributed by atoms with Gasteiger partial charge in [-0.15, -0.1) is 0 Å². The molecule has 0 saturated carbocycles. The van der Waals surface area contributed by atoms with Gasteiger partial charge in [0.1, 0.15) is 5.60 Å². The van der Waals surface area contributed by atoms with Crippen molar-refractivity contribution in [3.63, 3.8) is 0 Å². The Bertz CT molecular complexity index is 826. The highest BCUT2D eigenvalue weighted by Gasteiger charge is 2.15. The third kappa shape index (κ3) is 6.47. The zero-order chi connectivity index (χ0) is 19.9. The summed E-state index contributed by atoms with van der Waals surface area (Å²) in [5, 5.41) is 3.83. The van der Waals surface area contributed by atoms with Crippen LogP contribution in [0.25, 0.3) is 0 Å². The lowest BCUT2D eigenvalue weighted by Crippen LogP contribution is -2.29. The summed E-state index contributed by atoms with van der Waals surface area (Å²) in [6, 6.07) is 13.6. The molecule has 0 aliphatic heterocycles. The van der Waals surface area contributed by atoms with Gasteiger partial charge in [0.15, 0.2) is 11.5 Å². The number of benzene rings is 2. The molecule has 0 bridgehead atoms. The Hall–Kier alpha value is -3.35. The SMILES string of the molecule is COc1cc(C=NNC(=O)OC(C)(C)C)ccc1OC(=O)c1ccccc1. The normalized spacial score (nSPS) is 11.1. The summed E-state index contributed by atoms with van der Waals surface area (Å²) >= 11 is 0. The van der Waals surface area contributed by atoms with Gasteiger partial charge in [-0.3, -0.25) is 0 Å². The number of amides is 1. The van der Waals surface area contributed by atoms with Crippen LogP contribution in [0.15, 0.2) is 53.6 Å². The number of hydrogen-bond donors (Lipinski definition) is 1. The van der Waals surface area contributed by atoms with Gasteiger partial charge in [0.25, 0.3) is 0 Å². The van der Waals surface area contributed by atoms with Gasteiger partial charge in [-0.05, 0) is 56.7 Å². The molecular formula is C20H22N2O5. The van der Waals surface area contributed by atoms with Gasteiger partial charge in [-0.2, -0.15) is 5.10 Å². The Morgan fingerprint density at radius 3 is 2.37 bits per heavy atom. The number of nitrogens with one attached hydrogen (secondary N) is 1. The molecule has 1 amide bonds. The number of rotatable bonds is 5. The molecule has 7 nitrogen and oxygen atoms in total. The van der Waals surface area contributed by atoms with E-state index in [1.165, 1.54) is 13.3 Å². The number of methoxy groups -OCH3 is 1. The number of hydrazone groups is 1. The Morgan fingerprint density at radius 2 is 1.74 bits per heavy atom. The fraction of sp³-hybridized carbons (Fsp3) is 0.250. The molecule has 2 aromatic carbocycles. The Balaban J connectivity index is 2.04. The molecule has 0 unspecified atom stereocenters. The molecule has 1 N–H and O–H groups in total. The highest BCUT2D eigenvalue weighted by atomic mass is 16.6. The Labute approximate surface area is 157 Å². The van der Waals surface area contributed by atoms with E-state index in [0.29, 0.717) is 16.9 Å². The van der Waals surface area contributed by atoms with Crippen LogP contribution in [0.4, 0.5) is 4.79 Å². The van der Waals surface area contributed by atoms with Crippen molar-refractivity contribution < 1.29 is 23.8 Å². The lowest BCUT2D eigenvalue weighted by Gasteiger charge is -2.18. The first-order chi connectivity index (χ1) is 12.8. The van der Waals surface area contributed by atoms with E-state index < -0.39 is 17.7 Å². The third-order valence-corrected chi connectivity index (χ3v) is 3.17. The quantitative estimate of drug-likeness (QED) is 0.375. The summed E-state index contributed by atoms with van der Waals surface area (Å²) in [4.78, 5) is 23.7. The van der Waals surface area contributed by atoms with Crippen LogP contribution in [0.3, 0.4) is 0 Å². The van der Waals surface area contributed by atoms with Crippen LogP contribution < -0.4 is 14.9 Å². The van der Waals surface area contributed by atoms with Gasteiger partial charge in [0.05, 0.1) is 18.9 Å². The zero-order valence-corrected chi connectivity index (χ0v) is 15.7. The van der Waals surface area contributed by atoms with Crippen molar-refractivity contribution in [2.45, 2.75) is 26.4 Å². The molecule has 0 radical (unpaired) electrons. The van der Waals surface area contributed by atoms with Crippen molar-refractivity contribution in [2.75, 3.05) is 7.11 Å². The van der Waals surface area contributed by atoms with Crippen molar-refractivity contribution in [1.29, 1.82) is 0 Å². The van der Waals surface area contributed by atoms with Gasteiger partial charge >= 0.3 is 12.1 Å². The highest BCUT2D eigenvalue weighted by molar-refractivity contribution is 5.91. The van der Waals surface area contributed by atoms with Crippen LogP contribution in [0.1, 0.15) is 36.7 Å². The predicted octanol–water partition coefficient (Wildman–Crippen LogP) is 3.77. The summed E-state index contributed by atoms with van der Waals surface area (Å²) in [5.74, 6) is 0.158. The lowest BCUT2D eigenvalue weighted by atomic mass is 10.2. The standard InChI is InChI=1S/C20H22N2O5/c1-20(2,3)27-19(24)22-21-13-14-10-11-16(17(12-14)25-4)26-18(23)15-8-6-5-7-9-15/h5-13H,1-4H3,(H,22,24). The second-order valence-corrected chi connectivity index (χ2v) is 6.54. The monoisotopic (exact) mass is 370 g/mol. The molecule has 0 aliphatic carbocycles. The first-order valence-electron chi connectivity index (χ1n) is 8.26. The topological polar surface area (TPSA) is 86.2 Å². The maximum Gasteiger partial charge on any atom is 0.428 e. The largest absolute Gasteiger partial charge is 0.493 e. The van der Waals surface area contributed by atoms with E-state index in [1.54, 1.807) is 63.2 Å². The van der Waals surface area contributed by atoms with Crippen molar-refractivity contribution in [2.24, 2.45) is 5.10 Å². The van der Waals surface area contributed by atoms with Crippen molar-refractivity contribution in [1.82, 2.24) is 5.43 Å². The van der Waals surface area contributed by atoms with Crippen LogP contribution in [-0.4, -0.2) is 31.0 Å². The molecular weight excluding hydrogens is 348 g/mol. The van der Waals surface area contributed by atoms with Crippen LogP contribution >= 0.6 is 0 Å². The number of nitrogens with zero attached hydrogens (tertiary/aromatic N) is 1. The van der Waals surface area contributed by atoms with E-state index in [1.807, 2.05) is 6.07 Å². The lowest BCUT2D eigenvalue weighted by molar-refractivity contribution is 0.0529. The summed E-state index contributed by atoms with van der Waals surface area (Å²) in [5.41, 5.74) is 2.75. The van der Waals surface area contributed by atoms with Gasteiger partial charge in [-0.25, -0.2) is 15.0 Å². The molecule has 0 spiro atoms. The predicted molar refractivity (Wildman–Crippen MR) is 101 cm³/mol. The fourth-order valence-electron chi connectivity index (χ4n) is 2.04.